The van der Waals surface area contributed by atoms with Crippen molar-refractivity contribution in [3.8, 4) is 0 Å². The van der Waals surface area contributed by atoms with Crippen LogP contribution in [0.3, 0.4) is 0 Å². The summed E-state index contributed by atoms with van der Waals surface area (Å²) in [5.74, 6) is 2.26. The summed E-state index contributed by atoms with van der Waals surface area (Å²) in [5.41, 5.74) is 3.19. The molecule has 0 aliphatic carbocycles. The lowest BCUT2D eigenvalue weighted by molar-refractivity contribution is 0.0772. The zero-order valence-electron chi connectivity index (χ0n) is 15.7. The van der Waals surface area contributed by atoms with Crippen LogP contribution in [-0.2, 0) is 6.54 Å². The molecule has 2 fully saturated rings. The number of fused-ring (bicyclic) bond motifs is 1. The Morgan fingerprint density at radius 2 is 2.08 bits per heavy atom. The lowest BCUT2D eigenvalue weighted by Crippen LogP contribution is -2.37. The number of thioether (sulfide) groups is 1. The SMILES string of the molecule is CN(C)C1CCN(Cc2c[nH]c3cc(C(=O)N4CCSCC4)ccc23)C1. The molecule has 0 spiro atoms. The molecular weight excluding hydrogens is 344 g/mol. The molecule has 6 heteroatoms. The van der Waals surface area contributed by atoms with Crippen molar-refractivity contribution in [3.63, 3.8) is 0 Å². The summed E-state index contributed by atoms with van der Waals surface area (Å²) in [6.07, 6.45) is 3.35. The highest BCUT2D eigenvalue weighted by Gasteiger charge is 2.24. The number of hydrogen-bond donors (Lipinski definition) is 1. The lowest BCUT2D eigenvalue weighted by Gasteiger charge is -2.26. The predicted octanol–water partition coefficient (Wildman–Crippen LogP) is 2.49. The highest BCUT2D eigenvalue weighted by molar-refractivity contribution is 7.99. The average Bonchev–Trinajstić information content (AvgIpc) is 3.29. The molecule has 3 heterocycles. The summed E-state index contributed by atoms with van der Waals surface area (Å²) in [5, 5.41) is 1.24. The molecule has 2 aliphatic rings. The highest BCUT2D eigenvalue weighted by Crippen LogP contribution is 2.24. The van der Waals surface area contributed by atoms with E-state index in [2.05, 4.69) is 41.1 Å². The van der Waals surface area contributed by atoms with Crippen LogP contribution in [-0.4, -0.2) is 83.4 Å². The number of carbonyl (C=O) groups excluding carboxylic acids is 1. The number of H-pyrrole nitrogens is 1. The second-order valence-electron chi connectivity index (χ2n) is 7.62. The summed E-state index contributed by atoms with van der Waals surface area (Å²) in [7, 11) is 4.33. The number of hydrogen-bond acceptors (Lipinski definition) is 4. The van der Waals surface area contributed by atoms with E-state index >= 15 is 0 Å². The van der Waals surface area contributed by atoms with Crippen molar-refractivity contribution >= 4 is 28.6 Å². The van der Waals surface area contributed by atoms with Gasteiger partial charge in [0.2, 0.25) is 0 Å². The van der Waals surface area contributed by atoms with Crippen LogP contribution in [0.4, 0.5) is 0 Å². The highest BCUT2D eigenvalue weighted by atomic mass is 32.2. The van der Waals surface area contributed by atoms with E-state index in [1.807, 2.05) is 28.8 Å². The molecule has 1 N–H and O–H groups in total. The van der Waals surface area contributed by atoms with Gasteiger partial charge in [0.05, 0.1) is 0 Å². The maximum absolute atomic E-state index is 12.7. The fraction of sp³-hybridized carbons (Fsp3) is 0.550. The van der Waals surface area contributed by atoms with Crippen LogP contribution in [0.2, 0.25) is 0 Å². The summed E-state index contributed by atoms with van der Waals surface area (Å²) >= 11 is 1.93. The average molecular weight is 373 g/mol. The van der Waals surface area contributed by atoms with Crippen LogP contribution in [0, 0.1) is 0 Å². The van der Waals surface area contributed by atoms with E-state index in [-0.39, 0.29) is 5.91 Å². The zero-order chi connectivity index (χ0) is 18.1. The number of nitrogens with one attached hydrogen (secondary N) is 1. The van der Waals surface area contributed by atoms with E-state index in [0.717, 1.165) is 55.3 Å². The number of nitrogens with zero attached hydrogens (tertiary/aromatic N) is 3. The molecule has 2 saturated heterocycles. The summed E-state index contributed by atoms with van der Waals surface area (Å²) in [6, 6.07) is 6.80. The van der Waals surface area contributed by atoms with E-state index in [0.29, 0.717) is 6.04 Å². The maximum Gasteiger partial charge on any atom is 0.253 e. The number of benzene rings is 1. The molecule has 1 amide bonds. The lowest BCUT2D eigenvalue weighted by atomic mass is 10.1. The van der Waals surface area contributed by atoms with Crippen LogP contribution in [0.25, 0.3) is 10.9 Å². The van der Waals surface area contributed by atoms with E-state index in [4.69, 9.17) is 0 Å². The third kappa shape index (κ3) is 3.63. The number of likely N-dealkylation sites (tertiary alicyclic amines) is 1. The summed E-state index contributed by atoms with van der Waals surface area (Å²) in [4.78, 5) is 22.9. The predicted molar refractivity (Wildman–Crippen MR) is 109 cm³/mol. The minimum atomic E-state index is 0.164. The van der Waals surface area contributed by atoms with Crippen molar-refractivity contribution in [2.75, 3.05) is 51.8 Å². The van der Waals surface area contributed by atoms with Crippen molar-refractivity contribution in [1.29, 1.82) is 0 Å². The minimum absolute atomic E-state index is 0.164. The number of aromatic nitrogens is 1. The molecule has 140 valence electrons. The van der Waals surface area contributed by atoms with Gasteiger partial charge in [0.25, 0.3) is 5.91 Å². The second kappa shape index (κ2) is 7.62. The molecule has 0 bridgehead atoms. The molecule has 26 heavy (non-hydrogen) atoms. The third-order valence-corrected chi connectivity index (χ3v) is 6.63. The zero-order valence-corrected chi connectivity index (χ0v) is 16.5. The van der Waals surface area contributed by atoms with Gasteiger partial charge in [-0.25, -0.2) is 0 Å². The Morgan fingerprint density at radius 1 is 1.27 bits per heavy atom. The second-order valence-corrected chi connectivity index (χ2v) is 8.84. The Kier molecular flexibility index (Phi) is 5.25. The summed E-state index contributed by atoms with van der Waals surface area (Å²) in [6.45, 7) is 4.97. The van der Waals surface area contributed by atoms with Crippen molar-refractivity contribution in [2.24, 2.45) is 0 Å². The molecule has 1 aromatic carbocycles. The quantitative estimate of drug-likeness (QED) is 0.895. The van der Waals surface area contributed by atoms with Gasteiger partial charge in [-0.1, -0.05) is 6.07 Å². The van der Waals surface area contributed by atoms with Crippen LogP contribution in [0.5, 0.6) is 0 Å². The standard InChI is InChI=1S/C20H28N4OS/c1-22(2)17-5-6-23(14-17)13-16-12-21-19-11-15(3-4-18(16)19)20(25)24-7-9-26-10-8-24/h3-4,11-12,17,21H,5-10,13-14H2,1-2H3. The van der Waals surface area contributed by atoms with Gasteiger partial charge in [-0.3, -0.25) is 9.69 Å². The number of carbonyl (C=O) groups is 1. The van der Waals surface area contributed by atoms with Crippen LogP contribution >= 0.6 is 11.8 Å². The van der Waals surface area contributed by atoms with Gasteiger partial charge >= 0.3 is 0 Å². The van der Waals surface area contributed by atoms with Gasteiger partial charge in [0.1, 0.15) is 0 Å². The van der Waals surface area contributed by atoms with E-state index < -0.39 is 0 Å². The van der Waals surface area contributed by atoms with E-state index in [1.165, 1.54) is 17.4 Å². The van der Waals surface area contributed by atoms with Crippen LogP contribution < -0.4 is 0 Å². The van der Waals surface area contributed by atoms with Gasteiger partial charge in [0.15, 0.2) is 0 Å². The van der Waals surface area contributed by atoms with Crippen LogP contribution in [0.1, 0.15) is 22.3 Å². The van der Waals surface area contributed by atoms with Gasteiger partial charge in [-0.15, -0.1) is 0 Å². The number of amides is 1. The van der Waals surface area contributed by atoms with E-state index in [1.54, 1.807) is 0 Å². The maximum atomic E-state index is 12.7. The van der Waals surface area contributed by atoms with Crippen LogP contribution in [0.15, 0.2) is 24.4 Å². The Labute approximate surface area is 159 Å². The largest absolute Gasteiger partial charge is 0.361 e. The van der Waals surface area contributed by atoms with E-state index in [9.17, 15) is 4.79 Å². The first-order chi connectivity index (χ1) is 12.6. The molecule has 5 nitrogen and oxygen atoms in total. The Bertz CT molecular complexity index is 781. The fourth-order valence-corrected chi connectivity index (χ4v) is 4.92. The molecular formula is C20H28N4OS. The molecule has 2 aromatic rings. The number of rotatable bonds is 4. The molecule has 0 saturated carbocycles. The van der Waals surface area contributed by atoms with Gasteiger partial charge in [-0.2, -0.15) is 11.8 Å². The molecule has 4 rings (SSSR count). The monoisotopic (exact) mass is 372 g/mol. The van der Waals surface area contributed by atoms with Gasteiger partial charge in [0, 0.05) is 72.9 Å². The normalized spacial score (nSPS) is 21.8. The molecule has 1 aromatic heterocycles. The van der Waals surface area contributed by atoms with Crippen molar-refractivity contribution in [2.45, 2.75) is 19.0 Å². The van der Waals surface area contributed by atoms with Crippen molar-refractivity contribution in [1.82, 2.24) is 19.7 Å². The van der Waals surface area contributed by atoms with Crippen molar-refractivity contribution in [3.05, 3.63) is 35.5 Å². The molecule has 1 unspecified atom stereocenters. The molecule has 1 atom stereocenters. The smallest absolute Gasteiger partial charge is 0.253 e. The first-order valence-corrected chi connectivity index (χ1v) is 10.6. The summed E-state index contributed by atoms with van der Waals surface area (Å²) < 4.78 is 0. The molecule has 0 radical (unpaired) electrons. The minimum Gasteiger partial charge on any atom is -0.361 e. The van der Waals surface area contributed by atoms with Gasteiger partial charge in [-0.05, 0) is 38.2 Å². The first kappa shape index (κ1) is 17.9. The third-order valence-electron chi connectivity index (χ3n) is 5.68. The Balaban J connectivity index is 1.48. The number of likely N-dealkylation sites (N-methyl/N-ethyl adjacent to an activating group) is 1. The Morgan fingerprint density at radius 3 is 2.81 bits per heavy atom. The Hall–Kier alpha value is -1.50. The molecule has 2 aliphatic heterocycles. The first-order valence-electron chi connectivity index (χ1n) is 9.47. The van der Waals surface area contributed by atoms with Gasteiger partial charge < -0.3 is 14.8 Å². The fourth-order valence-electron chi connectivity index (χ4n) is 4.02. The topological polar surface area (TPSA) is 42.6 Å². The van der Waals surface area contributed by atoms with Crippen molar-refractivity contribution < 1.29 is 4.79 Å². The number of aromatic amines is 1.